The largest absolute Gasteiger partial charge is 0.381 e. The molecule has 8 heteroatoms. The maximum atomic E-state index is 13.1. The summed E-state index contributed by atoms with van der Waals surface area (Å²) in [5.74, 6) is 0.110. The lowest BCUT2D eigenvalue weighted by Gasteiger charge is -2.21. The van der Waals surface area contributed by atoms with Crippen LogP contribution in [0.5, 0.6) is 0 Å². The lowest BCUT2D eigenvalue weighted by molar-refractivity contribution is 0.0902. The van der Waals surface area contributed by atoms with Crippen LogP contribution in [0.15, 0.2) is 47.9 Å². The molecule has 0 radical (unpaired) electrons. The number of aryl methyl sites for hydroxylation is 1. The molecule has 1 aromatic carbocycles. The number of ether oxygens (including phenoxy) is 1. The van der Waals surface area contributed by atoms with Gasteiger partial charge in [-0.2, -0.15) is 4.31 Å². The zero-order chi connectivity index (χ0) is 20.9. The van der Waals surface area contributed by atoms with Gasteiger partial charge in [-0.15, -0.1) is 0 Å². The summed E-state index contributed by atoms with van der Waals surface area (Å²) in [4.78, 5) is 4.07. The Hall–Kier alpha value is -1.74. The van der Waals surface area contributed by atoms with E-state index in [4.69, 9.17) is 4.74 Å². The fourth-order valence-corrected chi connectivity index (χ4v) is 5.43. The van der Waals surface area contributed by atoms with Gasteiger partial charge in [0, 0.05) is 45.4 Å². The number of benzene rings is 1. The lowest BCUT2D eigenvalue weighted by Crippen LogP contribution is -2.37. The highest BCUT2D eigenvalue weighted by molar-refractivity contribution is 7.89. The summed E-state index contributed by atoms with van der Waals surface area (Å²) in [5.41, 5.74) is 1.16. The van der Waals surface area contributed by atoms with Crippen molar-refractivity contribution in [3.05, 3.63) is 48.4 Å². The minimum atomic E-state index is -3.60. The number of hydrogen-bond acceptors (Lipinski definition) is 5. The summed E-state index contributed by atoms with van der Waals surface area (Å²) in [7, 11) is -0.0734. The predicted octanol–water partition coefficient (Wildman–Crippen LogP) is 2.37. The van der Waals surface area contributed by atoms with E-state index < -0.39 is 10.0 Å². The normalized spacial score (nSPS) is 21.5. The predicted molar refractivity (Wildman–Crippen MR) is 113 cm³/mol. The Morgan fingerprint density at radius 2 is 2.03 bits per heavy atom. The molecule has 2 unspecified atom stereocenters. The van der Waals surface area contributed by atoms with Gasteiger partial charge in [0.15, 0.2) is 5.03 Å². The molecule has 3 rings (SSSR count). The van der Waals surface area contributed by atoms with Crippen LogP contribution in [-0.2, 0) is 21.8 Å². The van der Waals surface area contributed by atoms with Crippen molar-refractivity contribution >= 4 is 10.0 Å². The van der Waals surface area contributed by atoms with E-state index in [0.717, 1.165) is 31.4 Å². The molecule has 7 nitrogen and oxygen atoms in total. The summed E-state index contributed by atoms with van der Waals surface area (Å²) in [5, 5.41) is 3.71. The lowest BCUT2D eigenvalue weighted by atomic mass is 9.94. The molecule has 0 saturated carbocycles. The Bertz CT molecular complexity index is 865. The average Bonchev–Trinajstić information content (AvgIpc) is 3.36. The number of hydrogen-bond donors (Lipinski definition) is 1. The summed E-state index contributed by atoms with van der Waals surface area (Å²) >= 11 is 0. The van der Waals surface area contributed by atoms with Crippen molar-refractivity contribution in [3.63, 3.8) is 0 Å². The molecule has 1 aliphatic heterocycles. The molecule has 3 atom stereocenters. The number of nitrogens with zero attached hydrogens (tertiary/aromatic N) is 3. The van der Waals surface area contributed by atoms with Crippen molar-refractivity contribution in [2.24, 2.45) is 7.05 Å². The minimum absolute atomic E-state index is 0.0681. The van der Waals surface area contributed by atoms with Gasteiger partial charge in [0.05, 0.1) is 12.4 Å². The Kier molecular flexibility index (Phi) is 7.45. The molecule has 0 amide bonds. The first-order valence-corrected chi connectivity index (χ1v) is 11.7. The molecule has 2 heterocycles. The molecule has 2 aromatic rings. The highest BCUT2D eigenvalue weighted by atomic mass is 32.2. The Morgan fingerprint density at radius 3 is 2.66 bits per heavy atom. The summed E-state index contributed by atoms with van der Waals surface area (Å²) in [6.45, 7) is 3.87. The van der Waals surface area contributed by atoms with Crippen LogP contribution in [0.2, 0.25) is 0 Å². The second-order valence-corrected chi connectivity index (χ2v) is 9.57. The Balaban J connectivity index is 1.71. The van der Waals surface area contributed by atoms with Crippen LogP contribution < -0.4 is 5.32 Å². The van der Waals surface area contributed by atoms with Gasteiger partial charge in [-0.3, -0.25) is 0 Å². The fraction of sp³-hybridized carbons (Fsp3) is 0.571. The summed E-state index contributed by atoms with van der Waals surface area (Å²) in [6, 6.07) is 10.2. The Labute approximate surface area is 174 Å². The molecule has 1 saturated heterocycles. The maximum Gasteiger partial charge on any atom is 0.262 e. The van der Waals surface area contributed by atoms with Crippen LogP contribution in [0.25, 0.3) is 0 Å². The fourth-order valence-electron chi connectivity index (χ4n) is 3.97. The quantitative estimate of drug-likeness (QED) is 0.597. The first-order chi connectivity index (χ1) is 14.0. The van der Waals surface area contributed by atoms with Gasteiger partial charge >= 0.3 is 0 Å². The van der Waals surface area contributed by atoms with Gasteiger partial charge in [-0.1, -0.05) is 37.3 Å². The van der Waals surface area contributed by atoms with Crippen molar-refractivity contribution in [1.29, 1.82) is 0 Å². The first kappa shape index (κ1) is 22.0. The van der Waals surface area contributed by atoms with Crippen LogP contribution in [0.4, 0.5) is 0 Å². The van der Waals surface area contributed by atoms with Gasteiger partial charge in [0.1, 0.15) is 0 Å². The van der Waals surface area contributed by atoms with Crippen LogP contribution in [0.3, 0.4) is 0 Å². The van der Waals surface area contributed by atoms with E-state index in [2.05, 4.69) is 29.4 Å². The molecule has 1 aromatic heterocycles. The number of nitrogens with one attached hydrogen (secondary N) is 1. The van der Waals surface area contributed by atoms with Crippen LogP contribution in [0, 0.1) is 0 Å². The van der Waals surface area contributed by atoms with E-state index in [1.807, 2.05) is 18.2 Å². The Morgan fingerprint density at radius 1 is 1.28 bits per heavy atom. The maximum absolute atomic E-state index is 13.1. The third kappa shape index (κ3) is 5.25. The van der Waals surface area contributed by atoms with Crippen LogP contribution >= 0.6 is 0 Å². The van der Waals surface area contributed by atoms with Crippen molar-refractivity contribution < 1.29 is 13.2 Å². The van der Waals surface area contributed by atoms with Gasteiger partial charge in [0.25, 0.3) is 10.0 Å². The van der Waals surface area contributed by atoms with E-state index in [0.29, 0.717) is 13.1 Å². The molecule has 0 bridgehead atoms. The van der Waals surface area contributed by atoms with E-state index in [1.54, 1.807) is 29.2 Å². The minimum Gasteiger partial charge on any atom is -0.381 e. The first-order valence-electron chi connectivity index (χ1n) is 10.2. The molecule has 1 N–H and O–H groups in total. The zero-order valence-electron chi connectivity index (χ0n) is 17.5. The SMILES string of the molecule is CCC(CCCN[C@@H]1CN(S(=O)(=O)c2cn(C)cn2)CC1c1ccccc1)OC. The molecular formula is C21H32N4O3S. The zero-order valence-corrected chi connectivity index (χ0v) is 18.3. The number of methoxy groups -OCH3 is 1. The van der Waals surface area contributed by atoms with Crippen LogP contribution in [0.1, 0.15) is 37.7 Å². The van der Waals surface area contributed by atoms with E-state index >= 15 is 0 Å². The monoisotopic (exact) mass is 420 g/mol. The number of imidazole rings is 1. The average molecular weight is 421 g/mol. The third-order valence-electron chi connectivity index (χ3n) is 5.70. The van der Waals surface area contributed by atoms with E-state index in [9.17, 15) is 8.42 Å². The molecule has 0 spiro atoms. The van der Waals surface area contributed by atoms with Crippen LogP contribution in [-0.4, -0.2) is 61.2 Å². The van der Waals surface area contributed by atoms with Crippen molar-refractivity contribution in [2.45, 2.75) is 49.3 Å². The molecule has 1 fully saturated rings. The number of sulfonamides is 1. The van der Waals surface area contributed by atoms with Crippen molar-refractivity contribution in [2.75, 3.05) is 26.7 Å². The number of aromatic nitrogens is 2. The van der Waals surface area contributed by atoms with E-state index in [1.165, 1.54) is 6.33 Å². The molecule has 29 heavy (non-hydrogen) atoms. The second-order valence-electron chi connectivity index (χ2n) is 7.69. The smallest absolute Gasteiger partial charge is 0.262 e. The van der Waals surface area contributed by atoms with Crippen molar-refractivity contribution in [1.82, 2.24) is 19.2 Å². The van der Waals surface area contributed by atoms with Gasteiger partial charge in [0.2, 0.25) is 0 Å². The van der Waals surface area contributed by atoms with Gasteiger partial charge in [-0.25, -0.2) is 13.4 Å². The van der Waals surface area contributed by atoms with E-state index in [-0.39, 0.29) is 23.1 Å². The van der Waals surface area contributed by atoms with Crippen molar-refractivity contribution in [3.8, 4) is 0 Å². The third-order valence-corrected chi connectivity index (χ3v) is 7.41. The topological polar surface area (TPSA) is 76.5 Å². The summed E-state index contributed by atoms with van der Waals surface area (Å²) in [6.07, 6.45) is 6.36. The summed E-state index contributed by atoms with van der Waals surface area (Å²) < 4.78 is 34.8. The molecule has 160 valence electrons. The second kappa shape index (κ2) is 9.84. The standard InChI is InChI=1S/C21H32N4O3S/c1-4-18(28-3)11-8-12-22-20-14-25(13-19(20)17-9-6-5-7-10-17)29(26,27)21-15-24(2)16-23-21/h5-7,9-10,15-16,18-20,22H,4,8,11-14H2,1-3H3/t18?,19?,20-/m1/s1. The highest BCUT2D eigenvalue weighted by Crippen LogP contribution is 2.31. The molecular weight excluding hydrogens is 388 g/mol. The molecule has 0 aliphatic carbocycles. The highest BCUT2D eigenvalue weighted by Gasteiger charge is 2.40. The van der Waals surface area contributed by atoms with Gasteiger partial charge in [-0.05, 0) is 31.4 Å². The van der Waals surface area contributed by atoms with Gasteiger partial charge < -0.3 is 14.6 Å². The number of rotatable bonds is 10. The molecule has 1 aliphatic rings.